The molecule has 0 aliphatic carbocycles. The highest BCUT2D eigenvalue weighted by Crippen LogP contribution is 2.20. The highest BCUT2D eigenvalue weighted by Gasteiger charge is 2.05. The highest BCUT2D eigenvalue weighted by atomic mass is 79.9. The highest BCUT2D eigenvalue weighted by molar-refractivity contribution is 9.10. The van der Waals surface area contributed by atoms with Crippen molar-refractivity contribution in [3.63, 3.8) is 0 Å². The van der Waals surface area contributed by atoms with Gasteiger partial charge in [-0.3, -0.25) is 0 Å². The second-order valence-corrected chi connectivity index (χ2v) is 4.49. The van der Waals surface area contributed by atoms with E-state index in [0.29, 0.717) is 6.54 Å². The van der Waals surface area contributed by atoms with Crippen molar-refractivity contribution in [1.29, 1.82) is 5.26 Å². The van der Waals surface area contributed by atoms with Crippen molar-refractivity contribution in [2.24, 2.45) is 5.92 Å². The van der Waals surface area contributed by atoms with Gasteiger partial charge in [0, 0.05) is 16.7 Å². The predicted octanol–water partition coefficient (Wildman–Crippen LogP) is 3.72. The predicted molar refractivity (Wildman–Crippen MR) is 66.8 cm³/mol. The van der Waals surface area contributed by atoms with Gasteiger partial charge in [0.15, 0.2) is 0 Å². The zero-order valence-electron chi connectivity index (χ0n) is 9.05. The van der Waals surface area contributed by atoms with Crippen LogP contribution in [0.15, 0.2) is 22.7 Å². The summed E-state index contributed by atoms with van der Waals surface area (Å²) in [6, 6.07) is 8.39. The zero-order chi connectivity index (χ0) is 11.3. The van der Waals surface area contributed by atoms with Gasteiger partial charge in [0.25, 0.3) is 0 Å². The molecule has 0 bridgehead atoms. The third-order valence-corrected chi connectivity index (χ3v) is 2.91. The van der Waals surface area contributed by atoms with E-state index in [1.165, 1.54) is 5.56 Å². The van der Waals surface area contributed by atoms with Crippen LogP contribution >= 0.6 is 15.9 Å². The maximum absolute atomic E-state index is 8.83. The average molecular weight is 267 g/mol. The quantitative estimate of drug-likeness (QED) is 0.902. The molecule has 0 saturated carbocycles. The molecule has 0 aliphatic heterocycles. The summed E-state index contributed by atoms with van der Waals surface area (Å²) in [5, 5.41) is 12.1. The molecule has 0 aromatic heterocycles. The lowest BCUT2D eigenvalue weighted by molar-refractivity contribution is 0.674. The maximum Gasteiger partial charge on any atom is 0.0674 e. The summed E-state index contributed by atoms with van der Waals surface area (Å²) < 4.78 is 1.06. The Kier molecular flexibility index (Phi) is 4.64. The van der Waals surface area contributed by atoms with E-state index < -0.39 is 0 Å². The van der Waals surface area contributed by atoms with Crippen LogP contribution in [0.25, 0.3) is 0 Å². The Morgan fingerprint density at radius 2 is 2.27 bits per heavy atom. The standard InChI is InChI=1S/C12H15BrN2/c1-3-10(7-14)8-15-12-6-11(13)5-4-9(12)2/h4-6,10,15H,3,8H2,1-2H3. The van der Waals surface area contributed by atoms with Crippen LogP contribution < -0.4 is 5.32 Å². The molecule has 15 heavy (non-hydrogen) atoms. The Bertz CT molecular complexity index is 368. The molecule has 80 valence electrons. The van der Waals surface area contributed by atoms with Crippen LogP contribution in [0.4, 0.5) is 5.69 Å². The number of nitrogens with one attached hydrogen (secondary N) is 1. The molecule has 0 heterocycles. The van der Waals surface area contributed by atoms with E-state index in [1.54, 1.807) is 0 Å². The summed E-state index contributed by atoms with van der Waals surface area (Å²) in [4.78, 5) is 0. The molecule has 0 amide bonds. The first-order chi connectivity index (χ1) is 7.17. The van der Waals surface area contributed by atoms with Crippen LogP contribution in [0.3, 0.4) is 0 Å². The van der Waals surface area contributed by atoms with Crippen LogP contribution in [0, 0.1) is 24.2 Å². The molecule has 1 aromatic carbocycles. The molecule has 1 aromatic rings. The van der Waals surface area contributed by atoms with Gasteiger partial charge in [0.05, 0.1) is 12.0 Å². The summed E-state index contributed by atoms with van der Waals surface area (Å²) in [6.45, 7) is 4.80. The van der Waals surface area contributed by atoms with Crippen LogP contribution in [0.2, 0.25) is 0 Å². The minimum absolute atomic E-state index is 0.0865. The van der Waals surface area contributed by atoms with E-state index in [-0.39, 0.29) is 5.92 Å². The van der Waals surface area contributed by atoms with Crippen LogP contribution in [-0.2, 0) is 0 Å². The first kappa shape index (κ1) is 12.1. The molecular weight excluding hydrogens is 252 g/mol. The Hall–Kier alpha value is -1.01. The largest absolute Gasteiger partial charge is 0.383 e. The average Bonchev–Trinajstić information content (AvgIpc) is 2.24. The lowest BCUT2D eigenvalue weighted by Gasteiger charge is -2.12. The lowest BCUT2D eigenvalue weighted by Crippen LogP contribution is -2.12. The van der Waals surface area contributed by atoms with Crippen molar-refractivity contribution >= 4 is 21.6 Å². The van der Waals surface area contributed by atoms with Gasteiger partial charge < -0.3 is 5.32 Å². The van der Waals surface area contributed by atoms with E-state index in [9.17, 15) is 0 Å². The molecule has 1 N–H and O–H groups in total. The molecular formula is C12H15BrN2. The lowest BCUT2D eigenvalue weighted by atomic mass is 10.1. The number of aryl methyl sites for hydroxylation is 1. The number of nitrogens with zero attached hydrogens (tertiary/aromatic N) is 1. The molecule has 0 aliphatic rings. The minimum Gasteiger partial charge on any atom is -0.383 e. The van der Waals surface area contributed by atoms with Crippen LogP contribution in [0.5, 0.6) is 0 Å². The Morgan fingerprint density at radius 1 is 1.53 bits per heavy atom. The first-order valence-corrected chi connectivity index (χ1v) is 5.86. The van der Waals surface area contributed by atoms with Gasteiger partial charge in [-0.15, -0.1) is 0 Å². The normalized spacial score (nSPS) is 11.9. The van der Waals surface area contributed by atoms with Crippen molar-refractivity contribution in [1.82, 2.24) is 0 Å². The summed E-state index contributed by atoms with van der Waals surface area (Å²) in [7, 11) is 0. The van der Waals surface area contributed by atoms with Crippen molar-refractivity contribution in [3.8, 4) is 6.07 Å². The Labute approximate surface area is 99.4 Å². The minimum atomic E-state index is 0.0865. The fraction of sp³-hybridized carbons (Fsp3) is 0.417. The molecule has 3 heteroatoms. The van der Waals surface area contributed by atoms with E-state index in [4.69, 9.17) is 5.26 Å². The summed E-state index contributed by atoms with van der Waals surface area (Å²) >= 11 is 3.43. The molecule has 0 saturated heterocycles. The van der Waals surface area contributed by atoms with Gasteiger partial charge >= 0.3 is 0 Å². The molecule has 1 rings (SSSR count). The fourth-order valence-corrected chi connectivity index (χ4v) is 1.66. The molecule has 0 spiro atoms. The second-order valence-electron chi connectivity index (χ2n) is 3.57. The zero-order valence-corrected chi connectivity index (χ0v) is 10.6. The number of benzene rings is 1. The smallest absolute Gasteiger partial charge is 0.0674 e. The van der Waals surface area contributed by atoms with E-state index in [2.05, 4.69) is 40.3 Å². The van der Waals surface area contributed by atoms with Crippen LogP contribution in [0.1, 0.15) is 18.9 Å². The monoisotopic (exact) mass is 266 g/mol. The van der Waals surface area contributed by atoms with E-state index in [0.717, 1.165) is 16.6 Å². The van der Waals surface area contributed by atoms with Gasteiger partial charge in [-0.25, -0.2) is 0 Å². The summed E-state index contributed by atoms with van der Waals surface area (Å²) in [6.07, 6.45) is 0.885. The number of rotatable bonds is 4. The molecule has 0 radical (unpaired) electrons. The number of anilines is 1. The SMILES string of the molecule is CCC(C#N)CNc1cc(Br)ccc1C. The summed E-state index contributed by atoms with van der Waals surface area (Å²) in [5.41, 5.74) is 2.30. The molecule has 2 nitrogen and oxygen atoms in total. The van der Waals surface area contributed by atoms with Crippen molar-refractivity contribution in [2.75, 3.05) is 11.9 Å². The van der Waals surface area contributed by atoms with Gasteiger partial charge in [-0.1, -0.05) is 28.9 Å². The number of hydrogen-bond donors (Lipinski definition) is 1. The third-order valence-electron chi connectivity index (χ3n) is 2.41. The third kappa shape index (κ3) is 3.56. The second kappa shape index (κ2) is 5.77. The maximum atomic E-state index is 8.83. The van der Waals surface area contributed by atoms with E-state index in [1.807, 2.05) is 19.1 Å². The first-order valence-electron chi connectivity index (χ1n) is 5.07. The van der Waals surface area contributed by atoms with E-state index >= 15 is 0 Å². The van der Waals surface area contributed by atoms with Gasteiger partial charge in [-0.2, -0.15) is 5.26 Å². The van der Waals surface area contributed by atoms with Gasteiger partial charge in [0.1, 0.15) is 0 Å². The van der Waals surface area contributed by atoms with Crippen molar-refractivity contribution in [2.45, 2.75) is 20.3 Å². The van der Waals surface area contributed by atoms with Gasteiger partial charge in [0.2, 0.25) is 0 Å². The molecule has 1 unspecified atom stereocenters. The molecule has 0 fully saturated rings. The Morgan fingerprint density at radius 3 is 2.87 bits per heavy atom. The Balaban J connectivity index is 2.65. The fourth-order valence-electron chi connectivity index (χ4n) is 1.30. The topological polar surface area (TPSA) is 35.8 Å². The van der Waals surface area contributed by atoms with Crippen molar-refractivity contribution < 1.29 is 0 Å². The van der Waals surface area contributed by atoms with Crippen LogP contribution in [-0.4, -0.2) is 6.54 Å². The van der Waals surface area contributed by atoms with Crippen molar-refractivity contribution in [3.05, 3.63) is 28.2 Å². The summed E-state index contributed by atoms with van der Waals surface area (Å²) in [5.74, 6) is 0.0865. The number of halogens is 1. The number of nitriles is 1. The number of hydrogen-bond acceptors (Lipinski definition) is 2. The molecule has 1 atom stereocenters. The van der Waals surface area contributed by atoms with Gasteiger partial charge in [-0.05, 0) is 31.0 Å².